The van der Waals surface area contributed by atoms with Crippen molar-refractivity contribution < 1.29 is 0 Å². The molecule has 106 valence electrons. The molecule has 2 aromatic heterocycles. The second-order valence-electron chi connectivity index (χ2n) is 5.19. The summed E-state index contributed by atoms with van der Waals surface area (Å²) in [5.41, 5.74) is 0. The first-order chi connectivity index (χ1) is 9.92. The molecule has 0 unspecified atom stereocenters. The van der Waals surface area contributed by atoms with E-state index in [2.05, 4.69) is 37.3 Å². The predicted octanol–water partition coefficient (Wildman–Crippen LogP) is 1.61. The first kappa shape index (κ1) is 13.1. The number of rotatable bonds is 5. The third kappa shape index (κ3) is 3.36. The van der Waals surface area contributed by atoms with Gasteiger partial charge in [-0.2, -0.15) is 0 Å². The highest BCUT2D eigenvalue weighted by atomic mass is 15.2. The van der Waals surface area contributed by atoms with E-state index in [0.29, 0.717) is 6.04 Å². The lowest BCUT2D eigenvalue weighted by atomic mass is 10.0. The zero-order chi connectivity index (χ0) is 13.6. The number of nitrogens with zero attached hydrogens (tertiary/aromatic N) is 3. The molecule has 2 aromatic rings. The average molecular weight is 271 g/mol. The zero-order valence-electron chi connectivity index (χ0n) is 11.6. The Morgan fingerprint density at radius 3 is 2.80 bits per heavy atom. The Morgan fingerprint density at radius 1 is 1.20 bits per heavy atom. The maximum Gasteiger partial charge on any atom is 0.128 e. The third-order valence-corrected chi connectivity index (χ3v) is 3.82. The number of nitrogens with one attached hydrogen (secondary N) is 2. The van der Waals surface area contributed by atoms with Gasteiger partial charge in [-0.25, -0.2) is 9.97 Å². The van der Waals surface area contributed by atoms with Crippen LogP contribution >= 0.6 is 0 Å². The summed E-state index contributed by atoms with van der Waals surface area (Å²) in [5, 5.41) is 3.62. The second-order valence-corrected chi connectivity index (χ2v) is 5.19. The van der Waals surface area contributed by atoms with Gasteiger partial charge >= 0.3 is 0 Å². The Bertz CT molecular complexity index is 488. The average Bonchev–Trinajstić information content (AvgIpc) is 3.02. The van der Waals surface area contributed by atoms with Gasteiger partial charge in [0, 0.05) is 50.7 Å². The Kier molecular flexibility index (Phi) is 4.28. The van der Waals surface area contributed by atoms with Gasteiger partial charge in [0.25, 0.3) is 0 Å². The Balaban J connectivity index is 1.40. The second kappa shape index (κ2) is 6.52. The van der Waals surface area contributed by atoms with Gasteiger partial charge in [-0.15, -0.1) is 0 Å². The highest BCUT2D eigenvalue weighted by Gasteiger charge is 2.19. The van der Waals surface area contributed by atoms with Gasteiger partial charge in [-0.1, -0.05) is 6.07 Å². The number of anilines is 1. The molecule has 0 atom stereocenters. The maximum atomic E-state index is 4.42. The summed E-state index contributed by atoms with van der Waals surface area (Å²) in [6, 6.07) is 6.72. The lowest BCUT2D eigenvalue weighted by molar-refractivity contribution is 0.415. The Labute approximate surface area is 119 Å². The third-order valence-electron chi connectivity index (χ3n) is 3.82. The van der Waals surface area contributed by atoms with Crippen molar-refractivity contribution in [3.05, 3.63) is 42.6 Å². The SMILES string of the molecule is c1ccc(N2CCC(NCCc3ncc[nH]3)CC2)nc1. The molecule has 0 spiro atoms. The van der Waals surface area contributed by atoms with Crippen LogP contribution in [0.2, 0.25) is 0 Å². The quantitative estimate of drug-likeness (QED) is 0.867. The van der Waals surface area contributed by atoms with E-state index in [4.69, 9.17) is 0 Å². The maximum absolute atomic E-state index is 4.42. The van der Waals surface area contributed by atoms with Crippen LogP contribution in [0.25, 0.3) is 0 Å². The number of aromatic amines is 1. The largest absolute Gasteiger partial charge is 0.357 e. The summed E-state index contributed by atoms with van der Waals surface area (Å²) in [4.78, 5) is 14.2. The van der Waals surface area contributed by atoms with Crippen molar-refractivity contribution in [2.24, 2.45) is 0 Å². The minimum absolute atomic E-state index is 0.616. The van der Waals surface area contributed by atoms with E-state index in [1.54, 1.807) is 6.20 Å². The van der Waals surface area contributed by atoms with Crippen LogP contribution in [0.15, 0.2) is 36.8 Å². The predicted molar refractivity (Wildman–Crippen MR) is 79.8 cm³/mol. The highest BCUT2D eigenvalue weighted by molar-refractivity contribution is 5.38. The molecule has 0 radical (unpaired) electrons. The fraction of sp³-hybridized carbons (Fsp3) is 0.467. The van der Waals surface area contributed by atoms with Crippen LogP contribution in [-0.4, -0.2) is 40.6 Å². The molecular weight excluding hydrogens is 250 g/mol. The lowest BCUT2D eigenvalue weighted by Gasteiger charge is -2.33. The van der Waals surface area contributed by atoms with Crippen molar-refractivity contribution in [3.63, 3.8) is 0 Å². The molecule has 5 nitrogen and oxygen atoms in total. The van der Waals surface area contributed by atoms with Crippen molar-refractivity contribution >= 4 is 5.82 Å². The summed E-state index contributed by atoms with van der Waals surface area (Å²) in [5.74, 6) is 2.16. The van der Waals surface area contributed by atoms with Gasteiger partial charge in [0.15, 0.2) is 0 Å². The molecule has 0 aromatic carbocycles. The van der Waals surface area contributed by atoms with Gasteiger partial charge in [-0.05, 0) is 25.0 Å². The van der Waals surface area contributed by atoms with Crippen LogP contribution in [0.3, 0.4) is 0 Å². The van der Waals surface area contributed by atoms with Crippen LogP contribution in [0.4, 0.5) is 5.82 Å². The first-order valence-electron chi connectivity index (χ1n) is 7.29. The van der Waals surface area contributed by atoms with Crippen molar-refractivity contribution in [1.82, 2.24) is 20.3 Å². The number of hydrogen-bond acceptors (Lipinski definition) is 4. The van der Waals surface area contributed by atoms with Gasteiger partial charge in [-0.3, -0.25) is 0 Å². The molecule has 3 heterocycles. The number of H-pyrrole nitrogens is 1. The van der Waals surface area contributed by atoms with E-state index in [-0.39, 0.29) is 0 Å². The molecule has 2 N–H and O–H groups in total. The molecule has 1 saturated heterocycles. The monoisotopic (exact) mass is 271 g/mol. The molecule has 1 aliphatic heterocycles. The van der Waals surface area contributed by atoms with Crippen LogP contribution < -0.4 is 10.2 Å². The number of aromatic nitrogens is 3. The molecule has 3 rings (SSSR count). The molecule has 5 heteroatoms. The summed E-state index contributed by atoms with van der Waals surface area (Å²) in [7, 11) is 0. The van der Waals surface area contributed by atoms with E-state index >= 15 is 0 Å². The van der Waals surface area contributed by atoms with Crippen molar-refractivity contribution in [2.75, 3.05) is 24.5 Å². The van der Waals surface area contributed by atoms with Gasteiger partial charge < -0.3 is 15.2 Å². The molecule has 20 heavy (non-hydrogen) atoms. The number of hydrogen-bond donors (Lipinski definition) is 2. The topological polar surface area (TPSA) is 56.8 Å². The van der Waals surface area contributed by atoms with Gasteiger partial charge in [0.2, 0.25) is 0 Å². The summed E-state index contributed by atoms with van der Waals surface area (Å²) in [6.45, 7) is 3.15. The standard InChI is InChI=1S/C15H21N5/c1-2-7-19-15(3-1)20-11-5-13(6-12-20)16-8-4-14-17-9-10-18-14/h1-3,7,9-10,13,16H,4-6,8,11-12H2,(H,17,18). The molecule has 0 bridgehead atoms. The summed E-state index contributed by atoms with van der Waals surface area (Å²) < 4.78 is 0. The smallest absolute Gasteiger partial charge is 0.128 e. The van der Waals surface area contributed by atoms with Crippen LogP contribution in [0.1, 0.15) is 18.7 Å². The van der Waals surface area contributed by atoms with Crippen molar-refractivity contribution in [1.29, 1.82) is 0 Å². The van der Waals surface area contributed by atoms with E-state index in [1.807, 2.05) is 18.5 Å². The molecule has 0 aliphatic carbocycles. The fourth-order valence-electron chi connectivity index (χ4n) is 2.68. The molecule has 0 saturated carbocycles. The zero-order valence-corrected chi connectivity index (χ0v) is 11.6. The minimum Gasteiger partial charge on any atom is -0.357 e. The van der Waals surface area contributed by atoms with Crippen molar-refractivity contribution in [2.45, 2.75) is 25.3 Å². The molecule has 1 fully saturated rings. The van der Waals surface area contributed by atoms with Crippen molar-refractivity contribution in [3.8, 4) is 0 Å². The summed E-state index contributed by atoms with van der Waals surface area (Å²) in [6.07, 6.45) is 8.86. The van der Waals surface area contributed by atoms with Crippen LogP contribution in [0.5, 0.6) is 0 Å². The van der Waals surface area contributed by atoms with E-state index in [1.165, 1.54) is 12.8 Å². The molecule has 1 aliphatic rings. The van der Waals surface area contributed by atoms with E-state index < -0.39 is 0 Å². The van der Waals surface area contributed by atoms with Gasteiger partial charge in [0.1, 0.15) is 11.6 Å². The fourth-order valence-corrected chi connectivity index (χ4v) is 2.68. The lowest BCUT2D eigenvalue weighted by Crippen LogP contribution is -2.43. The number of pyridine rings is 1. The Hall–Kier alpha value is -1.88. The van der Waals surface area contributed by atoms with Crippen LogP contribution in [-0.2, 0) is 6.42 Å². The molecular formula is C15H21N5. The van der Waals surface area contributed by atoms with Crippen LogP contribution in [0, 0.1) is 0 Å². The highest BCUT2D eigenvalue weighted by Crippen LogP contribution is 2.17. The number of piperidine rings is 1. The normalized spacial score (nSPS) is 16.5. The minimum atomic E-state index is 0.616. The van der Waals surface area contributed by atoms with E-state index in [0.717, 1.165) is 37.7 Å². The van der Waals surface area contributed by atoms with E-state index in [9.17, 15) is 0 Å². The molecule has 0 amide bonds. The number of imidazole rings is 1. The summed E-state index contributed by atoms with van der Waals surface area (Å²) >= 11 is 0. The van der Waals surface area contributed by atoms with Gasteiger partial charge in [0.05, 0.1) is 0 Å². The first-order valence-corrected chi connectivity index (χ1v) is 7.29. The Morgan fingerprint density at radius 2 is 2.10 bits per heavy atom.